The Morgan fingerprint density at radius 3 is 3.21 bits per heavy atom. The Morgan fingerprint density at radius 2 is 2.50 bits per heavy atom. The van der Waals surface area contributed by atoms with E-state index in [2.05, 4.69) is 11.0 Å². The Morgan fingerprint density at radius 1 is 1.57 bits per heavy atom. The highest BCUT2D eigenvalue weighted by atomic mass is 19.1. The molecule has 2 rings (SSSR count). The minimum Gasteiger partial charge on any atom is -0.377 e. The Balaban J connectivity index is 1.86. The lowest BCUT2D eigenvalue weighted by atomic mass is 10.1. The maximum absolute atomic E-state index is 12.6. The molecule has 2 heterocycles. The first-order chi connectivity index (χ1) is 6.90. The van der Waals surface area contributed by atoms with Crippen LogP contribution in [0.2, 0.25) is 0 Å². The van der Waals surface area contributed by atoms with Crippen LogP contribution in [0.5, 0.6) is 0 Å². The van der Waals surface area contributed by atoms with Crippen LogP contribution in [0.15, 0.2) is 11.6 Å². The van der Waals surface area contributed by atoms with Crippen molar-refractivity contribution in [2.45, 2.75) is 25.3 Å². The highest BCUT2D eigenvalue weighted by Gasteiger charge is 2.24. The smallest absolute Gasteiger partial charge is 0.105 e. The fourth-order valence-electron chi connectivity index (χ4n) is 2.26. The van der Waals surface area contributed by atoms with Gasteiger partial charge < -0.3 is 4.74 Å². The van der Waals surface area contributed by atoms with Gasteiger partial charge in [-0.3, -0.25) is 4.90 Å². The topological polar surface area (TPSA) is 12.5 Å². The molecular weight excluding hydrogens is 181 g/mol. The fraction of sp³-hybridized carbons (Fsp3) is 0.818. The summed E-state index contributed by atoms with van der Waals surface area (Å²) in [6, 6.07) is 0.165. The van der Waals surface area contributed by atoms with Crippen LogP contribution >= 0.6 is 0 Å². The average Bonchev–Trinajstić information content (AvgIpc) is 2.67. The van der Waals surface area contributed by atoms with Gasteiger partial charge in [0, 0.05) is 12.6 Å². The molecule has 1 unspecified atom stereocenters. The number of alkyl halides is 1. The molecule has 0 bridgehead atoms. The van der Waals surface area contributed by atoms with E-state index in [1.807, 2.05) is 0 Å². The zero-order chi connectivity index (χ0) is 9.80. The van der Waals surface area contributed by atoms with E-state index in [0.29, 0.717) is 0 Å². The average molecular weight is 199 g/mol. The molecule has 0 saturated carbocycles. The van der Waals surface area contributed by atoms with Crippen LogP contribution in [0.4, 0.5) is 4.39 Å². The molecule has 0 amide bonds. The highest BCUT2D eigenvalue weighted by Crippen LogP contribution is 2.19. The van der Waals surface area contributed by atoms with Gasteiger partial charge in [0.25, 0.3) is 0 Å². The number of nitrogens with zero attached hydrogens (tertiary/aromatic N) is 1. The van der Waals surface area contributed by atoms with Crippen LogP contribution < -0.4 is 0 Å². The summed E-state index contributed by atoms with van der Waals surface area (Å²) >= 11 is 0. The Kier molecular flexibility index (Phi) is 3.54. The monoisotopic (exact) mass is 199 g/mol. The van der Waals surface area contributed by atoms with Crippen LogP contribution in [-0.2, 0) is 4.74 Å². The van der Waals surface area contributed by atoms with E-state index in [1.165, 1.54) is 5.57 Å². The van der Waals surface area contributed by atoms with Gasteiger partial charge in [-0.25, -0.2) is 4.39 Å². The highest BCUT2D eigenvalue weighted by molar-refractivity contribution is 5.08. The van der Waals surface area contributed by atoms with Crippen LogP contribution in [0.25, 0.3) is 0 Å². The van der Waals surface area contributed by atoms with Crippen molar-refractivity contribution in [2.75, 3.05) is 33.0 Å². The third-order valence-electron chi connectivity index (χ3n) is 3.07. The number of halogens is 1. The minimum absolute atomic E-state index is 0.165. The van der Waals surface area contributed by atoms with Gasteiger partial charge in [-0.2, -0.15) is 0 Å². The molecule has 2 nitrogen and oxygen atoms in total. The second kappa shape index (κ2) is 4.89. The second-order valence-corrected chi connectivity index (χ2v) is 4.12. The molecule has 80 valence electrons. The molecule has 0 aromatic heterocycles. The van der Waals surface area contributed by atoms with Crippen molar-refractivity contribution in [1.82, 2.24) is 4.90 Å². The zero-order valence-electron chi connectivity index (χ0n) is 8.54. The second-order valence-electron chi connectivity index (χ2n) is 4.12. The van der Waals surface area contributed by atoms with Crippen molar-refractivity contribution >= 4 is 0 Å². The Bertz CT molecular complexity index is 217. The lowest BCUT2D eigenvalue weighted by Gasteiger charge is -2.24. The predicted octanol–water partition coefficient (Wildman–Crippen LogP) is 1.77. The third-order valence-corrected chi connectivity index (χ3v) is 3.07. The summed E-state index contributed by atoms with van der Waals surface area (Å²) in [5.41, 5.74) is 1.33. The molecule has 1 saturated heterocycles. The van der Waals surface area contributed by atoms with E-state index in [1.54, 1.807) is 0 Å². The lowest BCUT2D eigenvalue weighted by Crippen LogP contribution is -2.34. The van der Waals surface area contributed by atoms with Crippen molar-refractivity contribution in [3.05, 3.63) is 11.6 Å². The SMILES string of the molecule is FCC1CCCN1CC1=CCCOC1. The Hall–Kier alpha value is -0.410. The molecule has 0 aliphatic carbocycles. The minimum atomic E-state index is -0.200. The first-order valence-corrected chi connectivity index (χ1v) is 5.46. The summed E-state index contributed by atoms with van der Waals surface area (Å²) in [6.45, 7) is 3.35. The molecule has 1 fully saturated rings. The van der Waals surface area contributed by atoms with Crippen LogP contribution in [0.1, 0.15) is 19.3 Å². The van der Waals surface area contributed by atoms with Crippen molar-refractivity contribution in [3.63, 3.8) is 0 Å². The quantitative estimate of drug-likeness (QED) is 0.642. The fourth-order valence-corrected chi connectivity index (χ4v) is 2.26. The van der Waals surface area contributed by atoms with E-state index in [4.69, 9.17) is 4.74 Å². The van der Waals surface area contributed by atoms with Gasteiger partial charge in [-0.05, 0) is 31.4 Å². The normalized spacial score (nSPS) is 29.2. The van der Waals surface area contributed by atoms with Gasteiger partial charge in [0.15, 0.2) is 0 Å². The van der Waals surface area contributed by atoms with Gasteiger partial charge in [-0.15, -0.1) is 0 Å². The van der Waals surface area contributed by atoms with Crippen molar-refractivity contribution < 1.29 is 9.13 Å². The molecule has 3 heteroatoms. The summed E-state index contributed by atoms with van der Waals surface area (Å²) in [4.78, 5) is 2.25. The van der Waals surface area contributed by atoms with E-state index >= 15 is 0 Å². The van der Waals surface area contributed by atoms with E-state index in [0.717, 1.165) is 45.6 Å². The van der Waals surface area contributed by atoms with Crippen LogP contribution in [0, 0.1) is 0 Å². The zero-order valence-corrected chi connectivity index (χ0v) is 8.54. The summed E-state index contributed by atoms with van der Waals surface area (Å²) in [7, 11) is 0. The van der Waals surface area contributed by atoms with Crippen LogP contribution in [0.3, 0.4) is 0 Å². The van der Waals surface area contributed by atoms with E-state index < -0.39 is 0 Å². The molecule has 0 aromatic carbocycles. The number of ether oxygens (including phenoxy) is 1. The summed E-state index contributed by atoms with van der Waals surface area (Å²) in [5.74, 6) is 0. The van der Waals surface area contributed by atoms with Gasteiger partial charge in [-0.1, -0.05) is 6.08 Å². The lowest BCUT2D eigenvalue weighted by molar-refractivity contribution is 0.138. The maximum Gasteiger partial charge on any atom is 0.105 e. The van der Waals surface area contributed by atoms with Crippen molar-refractivity contribution in [1.29, 1.82) is 0 Å². The van der Waals surface area contributed by atoms with Gasteiger partial charge in [0.2, 0.25) is 0 Å². The molecule has 14 heavy (non-hydrogen) atoms. The number of rotatable bonds is 3. The largest absolute Gasteiger partial charge is 0.377 e. The first kappa shape index (κ1) is 10.1. The van der Waals surface area contributed by atoms with Crippen molar-refractivity contribution in [3.8, 4) is 0 Å². The summed E-state index contributed by atoms with van der Waals surface area (Å²) < 4.78 is 18.0. The van der Waals surface area contributed by atoms with Gasteiger partial charge >= 0.3 is 0 Å². The number of hydrogen-bond acceptors (Lipinski definition) is 2. The first-order valence-electron chi connectivity index (χ1n) is 5.46. The molecule has 2 aliphatic rings. The Labute approximate surface area is 84.7 Å². The molecule has 1 atom stereocenters. The molecule has 0 aromatic rings. The maximum atomic E-state index is 12.6. The standard InChI is InChI=1S/C11H18FNO/c12-7-11-4-1-5-13(11)8-10-3-2-6-14-9-10/h3,11H,1-2,4-9H2. The predicted molar refractivity (Wildman–Crippen MR) is 54.1 cm³/mol. The van der Waals surface area contributed by atoms with Crippen LogP contribution in [-0.4, -0.2) is 43.9 Å². The molecule has 0 N–H and O–H groups in total. The van der Waals surface area contributed by atoms with E-state index in [9.17, 15) is 4.39 Å². The van der Waals surface area contributed by atoms with Gasteiger partial charge in [0.1, 0.15) is 6.67 Å². The molecule has 2 aliphatic heterocycles. The van der Waals surface area contributed by atoms with Crippen molar-refractivity contribution in [2.24, 2.45) is 0 Å². The summed E-state index contributed by atoms with van der Waals surface area (Å²) in [5, 5.41) is 0. The molecule has 0 radical (unpaired) electrons. The number of likely N-dealkylation sites (tertiary alicyclic amines) is 1. The number of hydrogen-bond donors (Lipinski definition) is 0. The summed E-state index contributed by atoms with van der Waals surface area (Å²) in [6.07, 6.45) is 5.42. The van der Waals surface area contributed by atoms with E-state index in [-0.39, 0.29) is 12.7 Å². The molecule has 0 spiro atoms. The third kappa shape index (κ3) is 2.34. The molecular formula is C11H18FNO. The van der Waals surface area contributed by atoms with Gasteiger partial charge in [0.05, 0.1) is 13.2 Å².